The van der Waals surface area contributed by atoms with Gasteiger partial charge in [0, 0.05) is 12.1 Å². The molecule has 2 amide bonds. The Bertz CT molecular complexity index is 689. The third-order valence-corrected chi connectivity index (χ3v) is 4.30. The van der Waals surface area contributed by atoms with E-state index in [1.165, 1.54) is 0 Å². The second-order valence-corrected chi connectivity index (χ2v) is 5.97. The predicted octanol–water partition coefficient (Wildman–Crippen LogP) is 2.88. The number of nitrogens with one attached hydrogen (secondary N) is 1. The molecule has 1 N–H and O–H groups in total. The molecule has 0 saturated carbocycles. The number of hydrogen-bond donors (Lipinski definition) is 1. The summed E-state index contributed by atoms with van der Waals surface area (Å²) in [6.45, 7) is 2.09. The zero-order chi connectivity index (χ0) is 15.9. The van der Waals surface area contributed by atoms with Crippen LogP contribution in [0.4, 0.5) is 4.79 Å². The predicted molar refractivity (Wildman–Crippen MR) is 91.3 cm³/mol. The molecule has 1 aliphatic heterocycles. The normalized spacial score (nSPS) is 17.2. The Morgan fingerprint density at radius 1 is 1.35 bits per heavy atom. The molecule has 1 atom stereocenters. The molecule has 1 fully saturated rings. The molecule has 1 aromatic heterocycles. The molecule has 118 valence electrons. The number of benzene rings is 1. The zero-order valence-electron chi connectivity index (χ0n) is 12.7. The Morgan fingerprint density at radius 2 is 2.22 bits per heavy atom. The largest absolute Gasteiger partial charge is 0.370 e. The van der Waals surface area contributed by atoms with Gasteiger partial charge in [0.05, 0.1) is 19.7 Å². The summed E-state index contributed by atoms with van der Waals surface area (Å²) in [6, 6.07) is 11.7. The van der Waals surface area contributed by atoms with Crippen molar-refractivity contribution in [1.29, 1.82) is 0 Å². The van der Waals surface area contributed by atoms with Gasteiger partial charge in [-0.1, -0.05) is 30.0 Å². The maximum atomic E-state index is 12.2. The van der Waals surface area contributed by atoms with Crippen LogP contribution < -0.4 is 5.32 Å². The molecular weight excluding hydrogens is 308 g/mol. The molecule has 1 saturated heterocycles. The minimum absolute atomic E-state index is 0.0313. The quantitative estimate of drug-likeness (QED) is 0.862. The molecule has 3 rings (SSSR count). The summed E-state index contributed by atoms with van der Waals surface area (Å²) >= 11 is 1.64. The molecule has 4 nitrogen and oxygen atoms in total. The topological polar surface area (TPSA) is 41.6 Å². The van der Waals surface area contributed by atoms with E-state index in [9.17, 15) is 4.79 Å². The highest BCUT2D eigenvalue weighted by Gasteiger charge is 2.25. The maximum Gasteiger partial charge on any atom is 0.318 e. The van der Waals surface area contributed by atoms with E-state index in [1.807, 2.05) is 41.8 Å². The van der Waals surface area contributed by atoms with Gasteiger partial charge in [0.15, 0.2) is 0 Å². The first kappa shape index (κ1) is 15.6. The lowest BCUT2D eigenvalue weighted by atomic mass is 10.1. The van der Waals surface area contributed by atoms with Gasteiger partial charge < -0.3 is 15.0 Å². The molecule has 2 heterocycles. The number of urea groups is 1. The number of morpholine rings is 1. The minimum Gasteiger partial charge on any atom is -0.370 e. The molecule has 0 radical (unpaired) electrons. The Balaban J connectivity index is 1.49. The van der Waals surface area contributed by atoms with Crippen LogP contribution in [-0.2, 0) is 4.74 Å². The van der Waals surface area contributed by atoms with Crippen molar-refractivity contribution in [2.24, 2.45) is 0 Å². The number of carbonyl (C=O) groups is 1. The second kappa shape index (κ2) is 7.82. The average Bonchev–Trinajstić information content (AvgIpc) is 3.14. The highest BCUT2D eigenvalue weighted by molar-refractivity contribution is 7.07. The third kappa shape index (κ3) is 4.35. The van der Waals surface area contributed by atoms with Gasteiger partial charge in [-0.25, -0.2) is 4.79 Å². The Hall–Kier alpha value is -2.29. The van der Waals surface area contributed by atoms with Gasteiger partial charge >= 0.3 is 6.03 Å². The molecule has 0 unspecified atom stereocenters. The van der Waals surface area contributed by atoms with Crippen LogP contribution in [0, 0.1) is 11.8 Å². The maximum absolute atomic E-state index is 12.2. The van der Waals surface area contributed by atoms with E-state index in [2.05, 4.69) is 22.5 Å². The Morgan fingerprint density at radius 3 is 3.00 bits per heavy atom. The summed E-state index contributed by atoms with van der Waals surface area (Å²) in [6.07, 6.45) is -0.0313. The van der Waals surface area contributed by atoms with Gasteiger partial charge in [-0.3, -0.25) is 0 Å². The third-order valence-electron chi connectivity index (χ3n) is 3.60. The SMILES string of the molecule is O=C(NCC#Cc1ccccc1)N1CCO[C@H](c2ccsc2)C1. The van der Waals surface area contributed by atoms with E-state index >= 15 is 0 Å². The van der Waals surface area contributed by atoms with Gasteiger partial charge in [-0.15, -0.1) is 0 Å². The molecule has 0 spiro atoms. The minimum atomic E-state index is -0.0871. The van der Waals surface area contributed by atoms with Gasteiger partial charge in [-0.2, -0.15) is 11.3 Å². The Labute approximate surface area is 140 Å². The summed E-state index contributed by atoms with van der Waals surface area (Å²) < 4.78 is 5.74. The summed E-state index contributed by atoms with van der Waals surface area (Å²) in [5, 5.41) is 6.94. The second-order valence-electron chi connectivity index (χ2n) is 5.19. The van der Waals surface area contributed by atoms with Crippen LogP contribution in [0.3, 0.4) is 0 Å². The van der Waals surface area contributed by atoms with Crippen LogP contribution >= 0.6 is 11.3 Å². The Kier molecular flexibility index (Phi) is 5.30. The van der Waals surface area contributed by atoms with Crippen molar-refractivity contribution in [3.63, 3.8) is 0 Å². The fraction of sp³-hybridized carbons (Fsp3) is 0.278. The van der Waals surface area contributed by atoms with E-state index in [1.54, 1.807) is 16.2 Å². The van der Waals surface area contributed by atoms with Gasteiger partial charge in [0.25, 0.3) is 0 Å². The van der Waals surface area contributed by atoms with Crippen LogP contribution in [0.25, 0.3) is 0 Å². The number of carbonyl (C=O) groups excluding carboxylic acids is 1. The van der Waals surface area contributed by atoms with Crippen LogP contribution in [0.1, 0.15) is 17.2 Å². The molecule has 5 heteroatoms. The van der Waals surface area contributed by atoms with E-state index in [-0.39, 0.29) is 12.1 Å². The van der Waals surface area contributed by atoms with Crippen LogP contribution in [0.2, 0.25) is 0 Å². The molecule has 1 aromatic carbocycles. The van der Waals surface area contributed by atoms with Crippen molar-refractivity contribution < 1.29 is 9.53 Å². The fourth-order valence-electron chi connectivity index (χ4n) is 2.39. The van der Waals surface area contributed by atoms with Crippen molar-refractivity contribution in [3.05, 3.63) is 58.3 Å². The summed E-state index contributed by atoms with van der Waals surface area (Å²) in [5.74, 6) is 6.00. The smallest absolute Gasteiger partial charge is 0.318 e. The first-order valence-corrected chi connectivity index (χ1v) is 8.47. The summed E-state index contributed by atoms with van der Waals surface area (Å²) in [7, 11) is 0. The lowest BCUT2D eigenvalue weighted by molar-refractivity contribution is -0.0150. The zero-order valence-corrected chi connectivity index (χ0v) is 13.5. The molecule has 23 heavy (non-hydrogen) atoms. The van der Waals surface area contributed by atoms with Crippen molar-refractivity contribution in [3.8, 4) is 11.8 Å². The molecule has 0 aliphatic carbocycles. The van der Waals surface area contributed by atoms with Crippen LogP contribution in [0.15, 0.2) is 47.2 Å². The number of hydrogen-bond acceptors (Lipinski definition) is 3. The molecule has 2 aromatic rings. The highest BCUT2D eigenvalue weighted by atomic mass is 32.1. The number of nitrogens with zero attached hydrogens (tertiary/aromatic N) is 1. The standard InChI is InChI=1S/C18H18N2O2S/c21-18(19-9-4-7-15-5-2-1-3-6-15)20-10-11-22-17(13-20)16-8-12-23-14-16/h1-3,5-6,8,12,14,17H,9-11,13H2,(H,19,21)/t17-/m0/s1. The van der Waals surface area contributed by atoms with Gasteiger partial charge in [0.2, 0.25) is 0 Å². The molecule has 1 aliphatic rings. The lowest BCUT2D eigenvalue weighted by Crippen LogP contribution is -2.47. The molecule has 0 bridgehead atoms. The van der Waals surface area contributed by atoms with E-state index in [0.29, 0.717) is 26.2 Å². The van der Waals surface area contributed by atoms with Crippen molar-refractivity contribution in [2.45, 2.75) is 6.10 Å². The first-order chi connectivity index (χ1) is 11.3. The van der Waals surface area contributed by atoms with Crippen LogP contribution in [-0.4, -0.2) is 37.2 Å². The number of thiophene rings is 1. The van der Waals surface area contributed by atoms with Gasteiger partial charge in [0.1, 0.15) is 6.10 Å². The summed E-state index contributed by atoms with van der Waals surface area (Å²) in [4.78, 5) is 14.0. The highest BCUT2D eigenvalue weighted by Crippen LogP contribution is 2.23. The monoisotopic (exact) mass is 326 g/mol. The average molecular weight is 326 g/mol. The van der Waals surface area contributed by atoms with Crippen molar-refractivity contribution in [2.75, 3.05) is 26.2 Å². The van der Waals surface area contributed by atoms with E-state index < -0.39 is 0 Å². The molecular formula is C18H18N2O2S. The summed E-state index contributed by atoms with van der Waals surface area (Å²) in [5.41, 5.74) is 2.09. The first-order valence-electron chi connectivity index (χ1n) is 7.53. The number of amides is 2. The number of rotatable bonds is 2. The lowest BCUT2D eigenvalue weighted by Gasteiger charge is -2.32. The van der Waals surface area contributed by atoms with Crippen LogP contribution in [0.5, 0.6) is 0 Å². The fourth-order valence-corrected chi connectivity index (χ4v) is 3.09. The van der Waals surface area contributed by atoms with Crippen molar-refractivity contribution >= 4 is 17.4 Å². The van der Waals surface area contributed by atoms with E-state index in [0.717, 1.165) is 11.1 Å². The number of ether oxygens (including phenoxy) is 1. The van der Waals surface area contributed by atoms with E-state index in [4.69, 9.17) is 4.74 Å². The van der Waals surface area contributed by atoms with Crippen molar-refractivity contribution in [1.82, 2.24) is 10.2 Å². The van der Waals surface area contributed by atoms with Gasteiger partial charge in [-0.05, 0) is 34.5 Å².